The zero-order chi connectivity index (χ0) is 28.1. The Kier molecular flexibility index (Phi) is 7.72. The summed E-state index contributed by atoms with van der Waals surface area (Å²) in [5.74, 6) is -1.16. The van der Waals surface area contributed by atoms with Gasteiger partial charge in [0.25, 0.3) is 11.8 Å². The monoisotopic (exact) mass is 542 g/mol. The molecule has 0 bridgehead atoms. The lowest BCUT2D eigenvalue weighted by atomic mass is 10.1. The van der Waals surface area contributed by atoms with Crippen LogP contribution < -0.4 is 10.2 Å². The highest BCUT2D eigenvalue weighted by Crippen LogP contribution is 2.30. The van der Waals surface area contributed by atoms with Crippen molar-refractivity contribution in [3.8, 4) is 11.4 Å². The Morgan fingerprint density at radius 2 is 1.68 bits per heavy atom. The van der Waals surface area contributed by atoms with Crippen LogP contribution >= 0.6 is 0 Å². The summed E-state index contributed by atoms with van der Waals surface area (Å²) in [5, 5.41) is 14.8. The van der Waals surface area contributed by atoms with Gasteiger partial charge in [0, 0.05) is 12.2 Å². The lowest BCUT2D eigenvalue weighted by Crippen LogP contribution is -2.45. The summed E-state index contributed by atoms with van der Waals surface area (Å²) < 4.78 is 33.4. The Balaban J connectivity index is 1.46. The van der Waals surface area contributed by atoms with Crippen molar-refractivity contribution in [2.24, 2.45) is 0 Å². The van der Waals surface area contributed by atoms with Crippen LogP contribution in [0.15, 0.2) is 95.4 Å². The van der Waals surface area contributed by atoms with E-state index in [1.54, 1.807) is 73.7 Å². The zero-order valence-corrected chi connectivity index (χ0v) is 21.4. The van der Waals surface area contributed by atoms with Gasteiger partial charge >= 0.3 is 0 Å². The van der Waals surface area contributed by atoms with Crippen molar-refractivity contribution in [2.75, 3.05) is 4.90 Å². The van der Waals surface area contributed by atoms with Gasteiger partial charge in [-0.3, -0.25) is 14.5 Å². The van der Waals surface area contributed by atoms with E-state index in [2.05, 4.69) is 20.7 Å². The highest BCUT2D eigenvalue weighted by Gasteiger charge is 2.35. The normalized spacial score (nSPS) is 11.7. The van der Waals surface area contributed by atoms with Crippen LogP contribution in [0.4, 0.5) is 14.5 Å². The van der Waals surface area contributed by atoms with Crippen LogP contribution in [0.25, 0.3) is 11.4 Å². The fraction of sp³-hybridized carbons (Fsp3) is 0.138. The minimum Gasteiger partial charge on any atom is -0.464 e. The number of nitrogens with zero attached hydrogens (tertiary/aromatic N) is 5. The first kappa shape index (κ1) is 26.4. The van der Waals surface area contributed by atoms with E-state index in [1.807, 2.05) is 0 Å². The number of amides is 2. The molecule has 0 fully saturated rings. The molecule has 0 spiro atoms. The fourth-order valence-electron chi connectivity index (χ4n) is 4.15. The molecule has 11 heteroatoms. The third kappa shape index (κ3) is 5.93. The van der Waals surface area contributed by atoms with Gasteiger partial charge in [-0.1, -0.05) is 42.5 Å². The molecule has 0 aliphatic rings. The van der Waals surface area contributed by atoms with E-state index in [0.29, 0.717) is 17.0 Å². The molecule has 3 aromatic carbocycles. The van der Waals surface area contributed by atoms with Gasteiger partial charge in [0.05, 0.1) is 5.56 Å². The maximum absolute atomic E-state index is 14.2. The van der Waals surface area contributed by atoms with Crippen LogP contribution in [0.1, 0.15) is 23.1 Å². The molecule has 1 N–H and O–H groups in total. The predicted octanol–water partition coefficient (Wildman–Crippen LogP) is 4.61. The quantitative estimate of drug-likeness (QED) is 0.292. The number of rotatable bonds is 9. The molecule has 0 saturated carbocycles. The van der Waals surface area contributed by atoms with E-state index < -0.39 is 30.2 Å². The number of hydrogen-bond acceptors (Lipinski definition) is 6. The molecule has 1 atom stereocenters. The SMILES string of the molecule is Cc1ccc([C@@H](C(=O)NCc2ccc(F)cc2)N(C(=O)Cn2nnc(-c3ccccc3F)n2)c2ccccc2)o1. The molecule has 0 aliphatic carbocycles. The number of para-hydroxylation sites is 1. The number of aryl methyl sites for hydroxylation is 1. The van der Waals surface area contributed by atoms with Crippen LogP contribution in [0.3, 0.4) is 0 Å². The average molecular weight is 543 g/mol. The number of nitrogens with one attached hydrogen (secondary N) is 1. The second kappa shape index (κ2) is 11.7. The van der Waals surface area contributed by atoms with Crippen LogP contribution in [0.5, 0.6) is 0 Å². The molecule has 0 aliphatic heterocycles. The van der Waals surface area contributed by atoms with E-state index in [4.69, 9.17) is 4.42 Å². The molecule has 0 saturated heterocycles. The number of benzene rings is 3. The van der Waals surface area contributed by atoms with Crippen LogP contribution in [0, 0.1) is 18.6 Å². The second-order valence-electron chi connectivity index (χ2n) is 8.92. The van der Waals surface area contributed by atoms with E-state index in [0.717, 1.165) is 4.80 Å². The number of carbonyl (C=O) groups is 2. The van der Waals surface area contributed by atoms with Crippen molar-refractivity contribution in [1.82, 2.24) is 25.5 Å². The first-order chi connectivity index (χ1) is 19.4. The largest absolute Gasteiger partial charge is 0.464 e. The molecular weight excluding hydrogens is 518 g/mol. The highest BCUT2D eigenvalue weighted by molar-refractivity contribution is 6.00. The number of hydrogen-bond donors (Lipinski definition) is 1. The van der Waals surface area contributed by atoms with Crippen molar-refractivity contribution >= 4 is 17.5 Å². The van der Waals surface area contributed by atoms with Gasteiger partial charge in [-0.25, -0.2) is 8.78 Å². The second-order valence-corrected chi connectivity index (χ2v) is 8.92. The lowest BCUT2D eigenvalue weighted by molar-refractivity contribution is -0.127. The predicted molar refractivity (Wildman–Crippen MR) is 142 cm³/mol. The molecule has 0 unspecified atom stereocenters. The van der Waals surface area contributed by atoms with E-state index >= 15 is 0 Å². The third-order valence-corrected chi connectivity index (χ3v) is 6.06. The Morgan fingerprint density at radius 1 is 0.950 bits per heavy atom. The minimum atomic E-state index is -1.20. The summed E-state index contributed by atoms with van der Waals surface area (Å²) in [4.78, 5) is 29.8. The van der Waals surface area contributed by atoms with Crippen LogP contribution in [-0.2, 0) is 22.7 Å². The Labute approximate surface area is 228 Å². The highest BCUT2D eigenvalue weighted by atomic mass is 19.1. The lowest BCUT2D eigenvalue weighted by Gasteiger charge is -2.29. The smallest absolute Gasteiger partial charge is 0.251 e. The number of halogens is 2. The molecule has 2 aromatic heterocycles. The summed E-state index contributed by atoms with van der Waals surface area (Å²) >= 11 is 0. The van der Waals surface area contributed by atoms with Gasteiger partial charge in [-0.05, 0) is 66.2 Å². The zero-order valence-electron chi connectivity index (χ0n) is 21.4. The third-order valence-electron chi connectivity index (χ3n) is 6.06. The maximum Gasteiger partial charge on any atom is 0.251 e. The van der Waals surface area contributed by atoms with Crippen molar-refractivity contribution in [3.63, 3.8) is 0 Å². The van der Waals surface area contributed by atoms with Gasteiger partial charge in [-0.2, -0.15) is 4.80 Å². The van der Waals surface area contributed by atoms with Crippen molar-refractivity contribution in [2.45, 2.75) is 26.1 Å². The summed E-state index contributed by atoms with van der Waals surface area (Å²) in [6, 6.07) is 22.5. The first-order valence-electron chi connectivity index (χ1n) is 12.4. The molecule has 202 valence electrons. The number of tetrazole rings is 1. The average Bonchev–Trinajstić information content (AvgIpc) is 3.60. The number of aromatic nitrogens is 4. The molecule has 5 aromatic rings. The number of anilines is 1. The van der Waals surface area contributed by atoms with E-state index in [-0.39, 0.29) is 29.5 Å². The minimum absolute atomic E-state index is 0.0208. The summed E-state index contributed by atoms with van der Waals surface area (Å²) in [6.07, 6.45) is 0. The fourth-order valence-corrected chi connectivity index (χ4v) is 4.15. The standard InChI is InChI=1S/C29H24F2N6O3/c1-19-11-16-25(40-19)27(29(39)32-17-20-12-14-21(30)15-13-20)37(22-7-3-2-4-8-22)26(38)18-36-34-28(33-35-36)23-9-5-6-10-24(23)31/h2-16,27H,17-18H2,1H3,(H,32,39)/t27-/m0/s1. The van der Waals surface area contributed by atoms with Crippen molar-refractivity contribution in [1.29, 1.82) is 0 Å². The number of furan rings is 1. The Hall–Kier alpha value is -5.19. The summed E-state index contributed by atoms with van der Waals surface area (Å²) in [5.41, 5.74) is 1.25. The van der Waals surface area contributed by atoms with Gasteiger partial charge in [0.1, 0.15) is 29.7 Å². The molecule has 40 heavy (non-hydrogen) atoms. The molecule has 5 rings (SSSR count). The van der Waals surface area contributed by atoms with E-state index in [1.165, 1.54) is 29.2 Å². The molecule has 2 heterocycles. The number of carbonyl (C=O) groups excluding carboxylic acids is 2. The van der Waals surface area contributed by atoms with Crippen LogP contribution in [-0.4, -0.2) is 32.0 Å². The van der Waals surface area contributed by atoms with Gasteiger partial charge in [-0.15, -0.1) is 10.2 Å². The van der Waals surface area contributed by atoms with E-state index in [9.17, 15) is 18.4 Å². The van der Waals surface area contributed by atoms with Gasteiger partial charge in [0.2, 0.25) is 5.82 Å². The maximum atomic E-state index is 14.2. The molecule has 0 radical (unpaired) electrons. The molecular formula is C29H24F2N6O3. The topological polar surface area (TPSA) is 106 Å². The van der Waals surface area contributed by atoms with Crippen LogP contribution in [0.2, 0.25) is 0 Å². The van der Waals surface area contributed by atoms with Crippen molar-refractivity contribution < 1.29 is 22.8 Å². The van der Waals surface area contributed by atoms with Crippen molar-refractivity contribution in [3.05, 3.63) is 120 Å². The first-order valence-corrected chi connectivity index (χ1v) is 12.4. The van der Waals surface area contributed by atoms with Gasteiger partial charge < -0.3 is 9.73 Å². The molecule has 2 amide bonds. The Morgan fingerprint density at radius 3 is 2.38 bits per heavy atom. The summed E-state index contributed by atoms with van der Waals surface area (Å²) in [6.45, 7) is 1.44. The summed E-state index contributed by atoms with van der Waals surface area (Å²) in [7, 11) is 0. The Bertz CT molecular complexity index is 1620. The van der Waals surface area contributed by atoms with Gasteiger partial charge in [0.15, 0.2) is 6.04 Å². The molecule has 9 nitrogen and oxygen atoms in total.